The van der Waals surface area contributed by atoms with Crippen LogP contribution in [0, 0.1) is 13.8 Å². The third-order valence-corrected chi connectivity index (χ3v) is 3.99. The van der Waals surface area contributed by atoms with E-state index in [9.17, 15) is 0 Å². The highest BCUT2D eigenvalue weighted by molar-refractivity contribution is 7.13. The first kappa shape index (κ1) is 14.6. The molecule has 2 N–H and O–H groups in total. The van der Waals surface area contributed by atoms with Crippen LogP contribution in [0.25, 0.3) is 17.3 Å². The highest BCUT2D eigenvalue weighted by Gasteiger charge is 2.13. The zero-order chi connectivity index (χ0) is 15.5. The summed E-state index contributed by atoms with van der Waals surface area (Å²) in [7, 11) is 0. The molecule has 0 bridgehead atoms. The molecule has 0 saturated heterocycles. The Balaban J connectivity index is 1.98. The van der Waals surface area contributed by atoms with E-state index in [1.165, 1.54) is 16.9 Å². The lowest BCUT2D eigenvalue weighted by atomic mass is 10.1. The molecule has 2 aromatic heterocycles. The fraction of sp³-hybridized carbons (Fsp3) is 0.200. The highest BCUT2D eigenvalue weighted by Crippen LogP contribution is 2.19. The third kappa shape index (κ3) is 2.95. The van der Waals surface area contributed by atoms with Gasteiger partial charge in [-0.1, -0.05) is 52.5 Å². The van der Waals surface area contributed by atoms with Crippen LogP contribution in [0.1, 0.15) is 27.5 Å². The fourth-order valence-electron chi connectivity index (χ4n) is 2.00. The van der Waals surface area contributed by atoms with Gasteiger partial charge in [-0.05, 0) is 25.5 Å². The lowest BCUT2D eigenvalue weighted by molar-refractivity contribution is 0.775. The molecule has 22 heavy (non-hydrogen) atoms. The molecule has 0 fully saturated rings. The first-order valence-electron chi connectivity index (χ1n) is 6.87. The molecule has 0 amide bonds. The predicted molar refractivity (Wildman–Crippen MR) is 87.6 cm³/mol. The van der Waals surface area contributed by atoms with Crippen molar-refractivity contribution in [1.82, 2.24) is 25.2 Å². The van der Waals surface area contributed by atoms with Crippen molar-refractivity contribution in [2.75, 3.05) is 0 Å². The molecular weight excluding hydrogens is 296 g/mol. The minimum absolute atomic E-state index is 0.325. The van der Waals surface area contributed by atoms with Crippen LogP contribution in [-0.4, -0.2) is 25.2 Å². The van der Waals surface area contributed by atoms with Crippen molar-refractivity contribution in [3.8, 4) is 5.13 Å². The van der Waals surface area contributed by atoms with E-state index < -0.39 is 0 Å². The van der Waals surface area contributed by atoms with Gasteiger partial charge < -0.3 is 5.73 Å². The van der Waals surface area contributed by atoms with Crippen LogP contribution in [0.2, 0.25) is 0 Å². The van der Waals surface area contributed by atoms with E-state index in [2.05, 4.69) is 51.7 Å². The van der Waals surface area contributed by atoms with Gasteiger partial charge in [0.25, 0.3) is 0 Å². The average molecular weight is 312 g/mol. The van der Waals surface area contributed by atoms with Gasteiger partial charge in [0.15, 0.2) is 0 Å². The van der Waals surface area contributed by atoms with Crippen molar-refractivity contribution in [2.24, 2.45) is 5.73 Å². The molecule has 0 aliphatic heterocycles. The number of rotatable bonds is 4. The summed E-state index contributed by atoms with van der Waals surface area (Å²) < 4.78 is 1.68. The van der Waals surface area contributed by atoms with Gasteiger partial charge in [-0.15, -0.1) is 15.3 Å². The van der Waals surface area contributed by atoms with Crippen molar-refractivity contribution < 1.29 is 0 Å². The van der Waals surface area contributed by atoms with Crippen molar-refractivity contribution in [2.45, 2.75) is 20.4 Å². The number of aromatic nitrogens is 5. The number of nitrogens with two attached hydrogens (primary N) is 1. The summed E-state index contributed by atoms with van der Waals surface area (Å²) in [6.07, 6.45) is 3.98. The van der Waals surface area contributed by atoms with Gasteiger partial charge >= 0.3 is 0 Å². The first-order chi connectivity index (χ1) is 10.7. The molecule has 0 aliphatic rings. The number of hydrogen-bond donors (Lipinski definition) is 1. The second-order valence-corrected chi connectivity index (χ2v) is 6.05. The Morgan fingerprint density at radius 3 is 2.50 bits per heavy atom. The Hall–Kier alpha value is -2.38. The number of nitrogens with zero attached hydrogens (tertiary/aromatic N) is 5. The van der Waals surface area contributed by atoms with Crippen LogP contribution in [0.3, 0.4) is 0 Å². The molecular formula is C15H16N6S. The van der Waals surface area contributed by atoms with Gasteiger partial charge in [0.1, 0.15) is 10.7 Å². The summed E-state index contributed by atoms with van der Waals surface area (Å²) >= 11 is 1.47. The Morgan fingerprint density at radius 1 is 1.09 bits per heavy atom. The monoisotopic (exact) mass is 312 g/mol. The largest absolute Gasteiger partial charge is 0.325 e. The number of hydrogen-bond acceptors (Lipinski definition) is 6. The van der Waals surface area contributed by atoms with Gasteiger partial charge in [-0.2, -0.15) is 4.68 Å². The summed E-state index contributed by atoms with van der Waals surface area (Å²) in [5.41, 5.74) is 9.66. The molecule has 0 atom stereocenters. The van der Waals surface area contributed by atoms with Crippen LogP contribution in [-0.2, 0) is 6.54 Å². The molecule has 3 aromatic rings. The van der Waals surface area contributed by atoms with E-state index in [0.29, 0.717) is 11.7 Å². The van der Waals surface area contributed by atoms with Crippen molar-refractivity contribution in [1.29, 1.82) is 0 Å². The second-order valence-electron chi connectivity index (χ2n) is 4.88. The van der Waals surface area contributed by atoms with Crippen LogP contribution < -0.4 is 5.73 Å². The van der Waals surface area contributed by atoms with E-state index >= 15 is 0 Å². The van der Waals surface area contributed by atoms with E-state index in [-0.39, 0.29) is 0 Å². The Bertz CT molecular complexity index is 800. The van der Waals surface area contributed by atoms with E-state index in [1.54, 1.807) is 4.68 Å². The molecule has 0 unspecified atom stereocenters. The average Bonchev–Trinajstić information content (AvgIpc) is 3.12. The lowest BCUT2D eigenvalue weighted by Crippen LogP contribution is -2.02. The Kier molecular flexibility index (Phi) is 4.08. The van der Waals surface area contributed by atoms with Gasteiger partial charge in [0.05, 0.1) is 5.69 Å². The molecule has 2 heterocycles. The van der Waals surface area contributed by atoms with Gasteiger partial charge in [-0.25, -0.2) is 0 Å². The summed E-state index contributed by atoms with van der Waals surface area (Å²) in [6.45, 7) is 4.30. The molecule has 112 valence electrons. The predicted octanol–water partition coefficient (Wildman–Crippen LogP) is 2.36. The summed E-state index contributed by atoms with van der Waals surface area (Å²) in [4.78, 5) is 0. The zero-order valence-corrected chi connectivity index (χ0v) is 13.2. The Morgan fingerprint density at radius 2 is 1.86 bits per heavy atom. The van der Waals surface area contributed by atoms with Crippen LogP contribution in [0.4, 0.5) is 0 Å². The van der Waals surface area contributed by atoms with Crippen molar-refractivity contribution >= 4 is 23.5 Å². The van der Waals surface area contributed by atoms with E-state index in [1.807, 2.05) is 19.1 Å². The van der Waals surface area contributed by atoms with Crippen molar-refractivity contribution in [3.05, 3.63) is 51.8 Å². The van der Waals surface area contributed by atoms with E-state index in [4.69, 9.17) is 5.73 Å². The number of benzene rings is 1. The standard InChI is InChI=1S/C15H16N6S/c1-10-3-5-12(6-4-10)7-8-14-13(9-16)18-20-21(14)15-19-17-11(2)22-15/h3-8H,9,16H2,1-2H3/b8-7+. The number of aryl methyl sites for hydroxylation is 2. The smallest absolute Gasteiger partial charge is 0.234 e. The maximum atomic E-state index is 5.75. The second kappa shape index (κ2) is 6.17. The molecule has 3 rings (SSSR count). The molecule has 1 aromatic carbocycles. The summed E-state index contributed by atoms with van der Waals surface area (Å²) in [5, 5.41) is 18.0. The van der Waals surface area contributed by atoms with Crippen LogP contribution in [0.15, 0.2) is 24.3 Å². The maximum absolute atomic E-state index is 5.75. The quantitative estimate of drug-likeness (QED) is 0.799. The molecule has 0 aliphatic carbocycles. The highest BCUT2D eigenvalue weighted by atomic mass is 32.1. The van der Waals surface area contributed by atoms with Crippen molar-refractivity contribution in [3.63, 3.8) is 0 Å². The molecule has 6 nitrogen and oxygen atoms in total. The Labute approximate surface area is 132 Å². The fourth-order valence-corrected chi connectivity index (χ4v) is 2.65. The molecule has 7 heteroatoms. The van der Waals surface area contributed by atoms with Crippen LogP contribution in [0.5, 0.6) is 0 Å². The van der Waals surface area contributed by atoms with E-state index in [0.717, 1.165) is 22.0 Å². The third-order valence-electron chi connectivity index (χ3n) is 3.18. The van der Waals surface area contributed by atoms with Crippen LogP contribution >= 0.6 is 11.3 Å². The molecule has 0 saturated carbocycles. The summed E-state index contributed by atoms with van der Waals surface area (Å²) in [6, 6.07) is 8.29. The summed E-state index contributed by atoms with van der Waals surface area (Å²) in [5.74, 6) is 0. The lowest BCUT2D eigenvalue weighted by Gasteiger charge is -1.99. The first-order valence-corrected chi connectivity index (χ1v) is 7.69. The van der Waals surface area contributed by atoms with Gasteiger partial charge in [0, 0.05) is 6.54 Å². The molecule has 0 spiro atoms. The minimum Gasteiger partial charge on any atom is -0.325 e. The van der Waals surface area contributed by atoms with Gasteiger partial charge in [-0.3, -0.25) is 0 Å². The maximum Gasteiger partial charge on any atom is 0.234 e. The topological polar surface area (TPSA) is 82.5 Å². The zero-order valence-electron chi connectivity index (χ0n) is 12.4. The van der Waals surface area contributed by atoms with Gasteiger partial charge in [0.2, 0.25) is 5.13 Å². The SMILES string of the molecule is Cc1ccc(/C=C/c2c(CN)nnn2-c2nnc(C)s2)cc1. The molecule has 0 radical (unpaired) electrons. The minimum atomic E-state index is 0.325. The normalized spacial score (nSPS) is 11.4.